The van der Waals surface area contributed by atoms with Crippen molar-refractivity contribution in [3.8, 4) is 0 Å². The minimum Gasteiger partial charge on any atom is -0.357 e. The highest BCUT2D eigenvalue weighted by Crippen LogP contribution is 2.44. The molecule has 0 radical (unpaired) electrons. The summed E-state index contributed by atoms with van der Waals surface area (Å²) in [5.41, 5.74) is 7.42. The van der Waals surface area contributed by atoms with E-state index in [0.29, 0.717) is 24.2 Å². The largest absolute Gasteiger partial charge is 0.401 e. The second-order valence-electron chi connectivity index (χ2n) is 9.02. The van der Waals surface area contributed by atoms with Crippen LogP contribution in [0.3, 0.4) is 0 Å². The topological polar surface area (TPSA) is 57.1 Å². The number of hydrogen-bond donors (Lipinski definition) is 3. The molecule has 2 aromatic carbocycles. The van der Waals surface area contributed by atoms with E-state index in [2.05, 4.69) is 10.3 Å². The van der Waals surface area contributed by atoms with Gasteiger partial charge in [-0.2, -0.15) is 13.2 Å². The van der Waals surface area contributed by atoms with Crippen LogP contribution < -0.4 is 11.1 Å². The highest BCUT2D eigenvalue weighted by atomic mass is 19.4. The molecule has 4 N–H and O–H groups in total. The lowest BCUT2D eigenvalue weighted by atomic mass is 9.87. The van der Waals surface area contributed by atoms with Crippen molar-refractivity contribution in [1.82, 2.24) is 15.2 Å². The summed E-state index contributed by atoms with van der Waals surface area (Å²) in [4.78, 5) is 4.22. The number of H-pyrrole nitrogens is 1. The predicted molar refractivity (Wildman–Crippen MR) is 123 cm³/mol. The van der Waals surface area contributed by atoms with Crippen LogP contribution in [0, 0.1) is 11.6 Å². The molecule has 2 heterocycles. The maximum absolute atomic E-state index is 15.9. The molecule has 0 bridgehead atoms. The Labute approximate surface area is 199 Å². The van der Waals surface area contributed by atoms with Crippen molar-refractivity contribution in [1.29, 1.82) is 0 Å². The zero-order chi connectivity index (χ0) is 25.3. The third kappa shape index (κ3) is 5.19. The summed E-state index contributed by atoms with van der Waals surface area (Å²) in [5, 5.41) is 3.73. The predicted octanol–water partition coefficient (Wildman–Crippen LogP) is 5.29. The van der Waals surface area contributed by atoms with Crippen molar-refractivity contribution < 1.29 is 26.3 Å². The Morgan fingerprint density at radius 3 is 2.63 bits per heavy atom. The lowest BCUT2D eigenvalue weighted by molar-refractivity contribution is -0.155. The van der Waals surface area contributed by atoms with Crippen LogP contribution in [0.4, 0.5) is 26.3 Å². The van der Waals surface area contributed by atoms with E-state index < -0.39 is 54.7 Å². The normalized spacial score (nSPS) is 19.8. The molecule has 0 saturated carbocycles. The van der Waals surface area contributed by atoms with Gasteiger partial charge in [0.25, 0.3) is 0 Å². The second kappa shape index (κ2) is 10.2. The van der Waals surface area contributed by atoms with Crippen LogP contribution in [0.5, 0.6) is 0 Å². The number of aromatic amines is 1. The summed E-state index contributed by atoms with van der Waals surface area (Å²) in [6, 6.07) is 6.63. The highest BCUT2D eigenvalue weighted by molar-refractivity contribution is 5.85. The lowest BCUT2D eigenvalue weighted by Gasteiger charge is -2.41. The molecule has 10 heteroatoms. The molecule has 0 amide bonds. The van der Waals surface area contributed by atoms with Crippen molar-refractivity contribution in [2.24, 2.45) is 5.73 Å². The Morgan fingerprint density at radius 1 is 1.17 bits per heavy atom. The van der Waals surface area contributed by atoms with Crippen LogP contribution in [-0.2, 0) is 6.42 Å². The third-order valence-electron chi connectivity index (χ3n) is 6.56. The monoisotopic (exact) mass is 498 g/mol. The minimum absolute atomic E-state index is 0.0167. The molecular weight excluding hydrogens is 470 g/mol. The molecule has 35 heavy (non-hydrogen) atoms. The number of rotatable bonds is 8. The average molecular weight is 499 g/mol. The van der Waals surface area contributed by atoms with Gasteiger partial charge >= 0.3 is 6.18 Å². The minimum atomic E-state index is -4.57. The first-order chi connectivity index (χ1) is 16.6. The van der Waals surface area contributed by atoms with Gasteiger partial charge in [0, 0.05) is 46.4 Å². The number of benzene rings is 2. The molecule has 1 aromatic heterocycles. The van der Waals surface area contributed by atoms with Gasteiger partial charge in [-0.25, -0.2) is 8.78 Å². The summed E-state index contributed by atoms with van der Waals surface area (Å²) >= 11 is 0. The Hall–Kier alpha value is -2.56. The Bertz CT molecular complexity index is 1170. The molecule has 4 nitrogen and oxygen atoms in total. The van der Waals surface area contributed by atoms with Gasteiger partial charge in [0.1, 0.15) is 11.6 Å². The van der Waals surface area contributed by atoms with Crippen LogP contribution >= 0.6 is 0 Å². The van der Waals surface area contributed by atoms with Crippen molar-refractivity contribution in [3.05, 3.63) is 70.4 Å². The number of alkyl halides is 4. The van der Waals surface area contributed by atoms with Gasteiger partial charge < -0.3 is 16.0 Å². The molecule has 4 rings (SSSR count). The van der Waals surface area contributed by atoms with Crippen molar-refractivity contribution in [2.75, 3.05) is 26.3 Å². The van der Waals surface area contributed by atoms with Gasteiger partial charge in [0.15, 0.2) is 0 Å². The number of nitrogens with one attached hydrogen (secondary N) is 2. The standard InChI is InChI=1S/C25H28F6N4/c1-14-11-17-15-5-2-3-6-20(15)34-23(17)24(35(14)13-25(29,30)31)21-18(27)8-7-16(22(21)28)19(32)12-33-10-4-9-26/h2-3,5-8,14,19,24,33-34H,4,9-13,32H2,1H3/t14-,19?,24-/m1/s1. The van der Waals surface area contributed by atoms with E-state index in [4.69, 9.17) is 5.73 Å². The smallest absolute Gasteiger partial charge is 0.357 e. The molecule has 1 aliphatic heterocycles. The third-order valence-corrected chi connectivity index (χ3v) is 6.56. The molecular formula is C25H28F6N4. The van der Waals surface area contributed by atoms with E-state index in [1.54, 1.807) is 19.1 Å². The fourth-order valence-electron chi connectivity index (χ4n) is 4.95. The Balaban J connectivity index is 1.83. The summed E-state index contributed by atoms with van der Waals surface area (Å²) < 4.78 is 84.3. The number of fused-ring (bicyclic) bond motifs is 3. The first-order valence-electron chi connectivity index (χ1n) is 11.5. The molecule has 0 saturated heterocycles. The van der Waals surface area contributed by atoms with E-state index in [1.165, 1.54) is 6.07 Å². The summed E-state index contributed by atoms with van der Waals surface area (Å²) in [5.74, 6) is -1.92. The lowest BCUT2D eigenvalue weighted by Crippen LogP contribution is -2.47. The number of para-hydroxylation sites is 1. The summed E-state index contributed by atoms with van der Waals surface area (Å²) in [6.45, 7) is 0.223. The molecule has 1 aliphatic rings. The summed E-state index contributed by atoms with van der Waals surface area (Å²) in [7, 11) is 0. The van der Waals surface area contributed by atoms with Gasteiger partial charge in [-0.3, -0.25) is 9.29 Å². The first kappa shape index (κ1) is 25.5. The molecule has 190 valence electrons. The summed E-state index contributed by atoms with van der Waals surface area (Å²) in [6.07, 6.45) is -4.01. The van der Waals surface area contributed by atoms with Crippen LogP contribution in [0.15, 0.2) is 36.4 Å². The Kier molecular flexibility index (Phi) is 7.44. The quantitative estimate of drug-likeness (QED) is 0.292. The number of halogens is 6. The van der Waals surface area contributed by atoms with E-state index in [1.807, 2.05) is 12.1 Å². The molecule has 0 fully saturated rings. The SMILES string of the molecule is C[C@@H]1Cc2c([nH]c3ccccc23)[C@@H](c2c(F)ccc(C(N)CNCCCF)c2F)N1CC(F)(F)F. The fraction of sp³-hybridized carbons (Fsp3) is 0.440. The average Bonchev–Trinajstić information content (AvgIpc) is 3.15. The zero-order valence-corrected chi connectivity index (χ0v) is 19.2. The van der Waals surface area contributed by atoms with Crippen LogP contribution in [0.25, 0.3) is 10.9 Å². The second-order valence-corrected chi connectivity index (χ2v) is 9.02. The van der Waals surface area contributed by atoms with Gasteiger partial charge in [-0.15, -0.1) is 0 Å². The maximum atomic E-state index is 15.9. The number of nitrogens with zero attached hydrogens (tertiary/aromatic N) is 1. The van der Waals surface area contributed by atoms with Crippen LogP contribution in [-0.4, -0.2) is 48.4 Å². The molecule has 1 unspecified atom stereocenters. The van der Waals surface area contributed by atoms with Gasteiger partial charge in [-0.05, 0) is 44.0 Å². The van der Waals surface area contributed by atoms with Crippen molar-refractivity contribution >= 4 is 10.9 Å². The Morgan fingerprint density at radius 2 is 1.91 bits per heavy atom. The fourth-order valence-corrected chi connectivity index (χ4v) is 4.95. The number of hydrogen-bond acceptors (Lipinski definition) is 3. The van der Waals surface area contributed by atoms with Crippen molar-refractivity contribution in [3.63, 3.8) is 0 Å². The van der Waals surface area contributed by atoms with E-state index >= 15 is 8.78 Å². The van der Waals surface area contributed by atoms with Crippen molar-refractivity contribution in [2.45, 2.75) is 44.1 Å². The number of aromatic nitrogens is 1. The van der Waals surface area contributed by atoms with Crippen LogP contribution in [0.2, 0.25) is 0 Å². The maximum Gasteiger partial charge on any atom is 0.401 e. The molecule has 3 aromatic rings. The van der Waals surface area contributed by atoms with Crippen LogP contribution in [0.1, 0.15) is 47.8 Å². The van der Waals surface area contributed by atoms with Gasteiger partial charge in [0.2, 0.25) is 0 Å². The zero-order valence-electron chi connectivity index (χ0n) is 19.2. The van der Waals surface area contributed by atoms with E-state index in [0.717, 1.165) is 21.9 Å². The first-order valence-corrected chi connectivity index (χ1v) is 11.5. The molecule has 0 spiro atoms. The van der Waals surface area contributed by atoms with E-state index in [9.17, 15) is 17.6 Å². The molecule has 3 atom stereocenters. The number of nitrogens with two attached hydrogens (primary N) is 1. The molecule has 0 aliphatic carbocycles. The van der Waals surface area contributed by atoms with Gasteiger partial charge in [0.05, 0.1) is 19.3 Å². The van der Waals surface area contributed by atoms with E-state index in [-0.39, 0.29) is 18.5 Å². The highest BCUT2D eigenvalue weighted by Gasteiger charge is 2.44. The van der Waals surface area contributed by atoms with Gasteiger partial charge in [-0.1, -0.05) is 24.3 Å².